The van der Waals surface area contributed by atoms with Crippen LogP contribution in [0.1, 0.15) is 5.56 Å². The van der Waals surface area contributed by atoms with Gasteiger partial charge in [0, 0.05) is 11.4 Å². The highest BCUT2D eigenvalue weighted by Crippen LogP contribution is 2.08. The van der Waals surface area contributed by atoms with Crippen molar-refractivity contribution >= 4 is 46.0 Å². The zero-order valence-corrected chi connectivity index (χ0v) is 13.1. The summed E-state index contributed by atoms with van der Waals surface area (Å²) < 4.78 is 0. The molecule has 0 bridgehead atoms. The van der Waals surface area contributed by atoms with Gasteiger partial charge in [-0.3, -0.25) is 10.9 Å². The zero-order valence-electron chi connectivity index (χ0n) is 11.5. The summed E-state index contributed by atoms with van der Waals surface area (Å²) in [4.78, 5) is 0. The van der Waals surface area contributed by atoms with Crippen LogP contribution in [0, 0.1) is 6.92 Å². The average Bonchev–Trinajstić information content (AvgIpc) is 2.49. The molecule has 0 atom stereocenters. The second kappa shape index (κ2) is 7.56. The minimum atomic E-state index is 0.439. The van der Waals surface area contributed by atoms with Gasteiger partial charge in [0.05, 0.1) is 0 Å². The Morgan fingerprint density at radius 1 is 0.714 bits per heavy atom. The minimum absolute atomic E-state index is 0.439. The number of anilines is 2. The molecule has 0 spiro atoms. The van der Waals surface area contributed by atoms with Crippen molar-refractivity contribution in [2.45, 2.75) is 6.92 Å². The fourth-order valence-electron chi connectivity index (χ4n) is 1.60. The summed E-state index contributed by atoms with van der Waals surface area (Å²) in [5.41, 5.74) is 8.69. The second-order valence-electron chi connectivity index (χ2n) is 4.39. The van der Waals surface area contributed by atoms with Crippen LogP contribution in [0.5, 0.6) is 0 Å². The van der Waals surface area contributed by atoms with Gasteiger partial charge in [-0.05, 0) is 55.6 Å². The van der Waals surface area contributed by atoms with Gasteiger partial charge < -0.3 is 10.6 Å². The lowest BCUT2D eigenvalue weighted by Crippen LogP contribution is -2.45. The predicted molar refractivity (Wildman–Crippen MR) is 96.3 cm³/mol. The van der Waals surface area contributed by atoms with Gasteiger partial charge >= 0.3 is 0 Å². The maximum atomic E-state index is 5.18. The maximum Gasteiger partial charge on any atom is 0.189 e. The molecule has 0 saturated heterocycles. The number of hydrogen-bond donors (Lipinski definition) is 4. The van der Waals surface area contributed by atoms with E-state index in [2.05, 4.69) is 21.5 Å². The van der Waals surface area contributed by atoms with Crippen molar-refractivity contribution in [2.75, 3.05) is 10.6 Å². The predicted octanol–water partition coefficient (Wildman–Crippen LogP) is 3.18. The van der Waals surface area contributed by atoms with Crippen molar-refractivity contribution in [3.63, 3.8) is 0 Å². The van der Waals surface area contributed by atoms with Crippen LogP contribution in [0.3, 0.4) is 0 Å². The molecule has 0 amide bonds. The first kappa shape index (κ1) is 15.2. The van der Waals surface area contributed by atoms with Crippen molar-refractivity contribution in [3.05, 3.63) is 60.2 Å². The summed E-state index contributed by atoms with van der Waals surface area (Å²) >= 11 is 10.3. The topological polar surface area (TPSA) is 48.1 Å². The highest BCUT2D eigenvalue weighted by atomic mass is 32.1. The maximum absolute atomic E-state index is 5.18. The number of hydrazine groups is 1. The third-order valence-corrected chi connectivity index (χ3v) is 3.04. The molecule has 21 heavy (non-hydrogen) atoms. The molecule has 0 unspecified atom stereocenters. The summed E-state index contributed by atoms with van der Waals surface area (Å²) in [6.07, 6.45) is 0. The summed E-state index contributed by atoms with van der Waals surface area (Å²) in [7, 11) is 0. The smallest absolute Gasteiger partial charge is 0.189 e. The van der Waals surface area contributed by atoms with Gasteiger partial charge in [0.15, 0.2) is 10.2 Å². The molecule has 0 aliphatic heterocycles. The number of aryl methyl sites for hydroxylation is 1. The Morgan fingerprint density at radius 3 is 1.71 bits per heavy atom. The van der Waals surface area contributed by atoms with Gasteiger partial charge in [-0.25, -0.2) is 0 Å². The molecule has 0 aliphatic rings. The highest BCUT2D eigenvalue weighted by molar-refractivity contribution is 7.81. The summed E-state index contributed by atoms with van der Waals surface area (Å²) in [5.74, 6) is 0. The molecular formula is C15H16N4S2. The van der Waals surface area contributed by atoms with Crippen LogP contribution in [0.25, 0.3) is 0 Å². The summed E-state index contributed by atoms with van der Waals surface area (Å²) in [5, 5.41) is 6.98. The van der Waals surface area contributed by atoms with E-state index < -0.39 is 0 Å². The fraction of sp³-hybridized carbons (Fsp3) is 0.0667. The molecule has 4 nitrogen and oxygen atoms in total. The van der Waals surface area contributed by atoms with E-state index in [1.165, 1.54) is 5.56 Å². The summed E-state index contributed by atoms with van der Waals surface area (Å²) in [6, 6.07) is 17.6. The molecule has 6 heteroatoms. The van der Waals surface area contributed by atoms with Crippen LogP contribution < -0.4 is 21.5 Å². The molecule has 0 aromatic heterocycles. The van der Waals surface area contributed by atoms with Crippen LogP contribution >= 0.6 is 24.4 Å². The number of hydrogen-bond acceptors (Lipinski definition) is 2. The normalized spacial score (nSPS) is 9.57. The lowest BCUT2D eigenvalue weighted by molar-refractivity contribution is 0.885. The molecule has 4 N–H and O–H groups in total. The van der Waals surface area contributed by atoms with E-state index in [1.54, 1.807) is 0 Å². The average molecular weight is 316 g/mol. The van der Waals surface area contributed by atoms with Gasteiger partial charge in [0.25, 0.3) is 0 Å². The van der Waals surface area contributed by atoms with E-state index in [1.807, 2.05) is 61.5 Å². The monoisotopic (exact) mass is 316 g/mol. The quantitative estimate of drug-likeness (QED) is 0.504. The first-order valence-electron chi connectivity index (χ1n) is 6.39. The van der Waals surface area contributed by atoms with E-state index in [9.17, 15) is 0 Å². The molecule has 0 saturated carbocycles. The van der Waals surface area contributed by atoms with Crippen LogP contribution in [-0.2, 0) is 0 Å². The number of rotatable bonds is 2. The minimum Gasteiger partial charge on any atom is -0.331 e. The Morgan fingerprint density at radius 2 is 1.19 bits per heavy atom. The van der Waals surface area contributed by atoms with Crippen LogP contribution in [0.15, 0.2) is 54.6 Å². The van der Waals surface area contributed by atoms with E-state index in [4.69, 9.17) is 24.4 Å². The second-order valence-corrected chi connectivity index (χ2v) is 5.21. The van der Waals surface area contributed by atoms with E-state index in [-0.39, 0.29) is 0 Å². The van der Waals surface area contributed by atoms with Gasteiger partial charge in [0.2, 0.25) is 0 Å². The Kier molecular flexibility index (Phi) is 5.48. The molecule has 108 valence electrons. The molecule has 0 heterocycles. The number of para-hydroxylation sites is 1. The standard InChI is InChI=1S/C15H16N4S2/c1-11-7-9-13(10-8-11)17-15(21)19-18-14(20)16-12-5-3-2-4-6-12/h2-10H,1H3,(H2,16,18,20)(H2,17,19,21). The van der Waals surface area contributed by atoms with Crippen LogP contribution in [0.2, 0.25) is 0 Å². The van der Waals surface area contributed by atoms with Crippen LogP contribution in [0.4, 0.5) is 11.4 Å². The highest BCUT2D eigenvalue weighted by Gasteiger charge is 1.99. The van der Waals surface area contributed by atoms with E-state index in [0.717, 1.165) is 11.4 Å². The lowest BCUT2D eigenvalue weighted by atomic mass is 10.2. The first-order valence-corrected chi connectivity index (χ1v) is 7.21. The fourth-order valence-corrected chi connectivity index (χ4v) is 1.93. The number of thiocarbonyl (C=S) groups is 2. The third kappa shape index (κ3) is 5.37. The van der Waals surface area contributed by atoms with Gasteiger partial charge in [-0.1, -0.05) is 35.9 Å². The molecular weight excluding hydrogens is 300 g/mol. The molecule has 2 aromatic carbocycles. The Bertz CT molecular complexity index is 611. The molecule has 0 fully saturated rings. The Hall–Kier alpha value is -2.18. The number of benzene rings is 2. The first-order chi connectivity index (χ1) is 10.1. The zero-order chi connectivity index (χ0) is 15.1. The van der Waals surface area contributed by atoms with Crippen molar-refractivity contribution in [1.29, 1.82) is 0 Å². The Balaban J connectivity index is 1.76. The van der Waals surface area contributed by atoms with Crippen molar-refractivity contribution in [2.24, 2.45) is 0 Å². The van der Waals surface area contributed by atoms with Crippen LogP contribution in [-0.4, -0.2) is 10.2 Å². The van der Waals surface area contributed by atoms with Gasteiger partial charge in [0.1, 0.15) is 0 Å². The molecule has 0 radical (unpaired) electrons. The number of nitrogens with one attached hydrogen (secondary N) is 4. The Labute approximate surface area is 134 Å². The molecule has 0 aliphatic carbocycles. The molecule has 2 rings (SSSR count). The SMILES string of the molecule is Cc1ccc(NC(=S)NNC(=S)Nc2ccccc2)cc1. The largest absolute Gasteiger partial charge is 0.331 e. The van der Waals surface area contributed by atoms with Crippen molar-refractivity contribution in [1.82, 2.24) is 10.9 Å². The third-order valence-electron chi connectivity index (χ3n) is 2.63. The van der Waals surface area contributed by atoms with E-state index in [0.29, 0.717) is 10.2 Å². The molecule has 2 aromatic rings. The van der Waals surface area contributed by atoms with Crippen molar-refractivity contribution < 1.29 is 0 Å². The van der Waals surface area contributed by atoms with Gasteiger partial charge in [-0.2, -0.15) is 0 Å². The van der Waals surface area contributed by atoms with Gasteiger partial charge in [-0.15, -0.1) is 0 Å². The van der Waals surface area contributed by atoms with Crippen molar-refractivity contribution in [3.8, 4) is 0 Å². The lowest BCUT2D eigenvalue weighted by Gasteiger charge is -2.14. The summed E-state index contributed by atoms with van der Waals surface area (Å²) in [6.45, 7) is 2.04. The van der Waals surface area contributed by atoms with E-state index >= 15 is 0 Å².